The van der Waals surface area contributed by atoms with Gasteiger partial charge in [0, 0.05) is 38.1 Å². The number of hydrogen-bond acceptors (Lipinski definition) is 5. The van der Waals surface area contributed by atoms with Crippen molar-refractivity contribution >= 4 is 22.6 Å². The molecule has 2 aromatic heterocycles. The van der Waals surface area contributed by atoms with Crippen LogP contribution in [0.15, 0.2) is 36.5 Å². The van der Waals surface area contributed by atoms with Gasteiger partial charge in [0.1, 0.15) is 0 Å². The summed E-state index contributed by atoms with van der Waals surface area (Å²) in [6.45, 7) is 5.99. The van der Waals surface area contributed by atoms with Gasteiger partial charge in [-0.3, -0.25) is 14.4 Å². The van der Waals surface area contributed by atoms with E-state index >= 15 is 0 Å². The third-order valence-corrected chi connectivity index (χ3v) is 4.84. The van der Waals surface area contributed by atoms with E-state index in [9.17, 15) is 4.79 Å². The van der Waals surface area contributed by atoms with Crippen LogP contribution in [0.1, 0.15) is 21.6 Å². The fraction of sp³-hybridized carbons (Fsp3) is 0.350. The standard InChI is InChI=1S/C20H23N5O2/c1-14-11-16(17-12-21-24(2)19(17)22-14)20(26)23-18-6-4-3-5-15(18)13-25-7-9-27-10-8-25/h3-6,11-12H,7-10,13H2,1-2H3,(H,23,26). The highest BCUT2D eigenvalue weighted by atomic mass is 16.5. The van der Waals surface area contributed by atoms with E-state index in [-0.39, 0.29) is 5.91 Å². The first kappa shape index (κ1) is 17.6. The largest absolute Gasteiger partial charge is 0.379 e. The van der Waals surface area contributed by atoms with Gasteiger partial charge in [-0.05, 0) is 24.6 Å². The summed E-state index contributed by atoms with van der Waals surface area (Å²) in [5, 5.41) is 8.08. The van der Waals surface area contributed by atoms with Crippen LogP contribution in [-0.4, -0.2) is 51.9 Å². The number of hydrogen-bond donors (Lipinski definition) is 1. The van der Waals surface area contributed by atoms with Gasteiger partial charge >= 0.3 is 0 Å². The maximum atomic E-state index is 13.0. The van der Waals surface area contributed by atoms with E-state index < -0.39 is 0 Å². The van der Waals surface area contributed by atoms with Crippen molar-refractivity contribution in [2.24, 2.45) is 7.05 Å². The molecule has 0 atom stereocenters. The number of carbonyl (C=O) groups excluding carboxylic acids is 1. The molecular weight excluding hydrogens is 342 g/mol. The van der Waals surface area contributed by atoms with Gasteiger partial charge in [-0.2, -0.15) is 5.10 Å². The molecule has 0 aliphatic carbocycles. The second kappa shape index (κ2) is 7.46. The summed E-state index contributed by atoms with van der Waals surface area (Å²) >= 11 is 0. The van der Waals surface area contributed by atoms with E-state index in [2.05, 4.69) is 26.4 Å². The highest BCUT2D eigenvalue weighted by molar-refractivity contribution is 6.12. The SMILES string of the molecule is Cc1cc(C(=O)Nc2ccccc2CN2CCOCC2)c2cnn(C)c2n1. The van der Waals surface area contributed by atoms with Crippen molar-refractivity contribution < 1.29 is 9.53 Å². The predicted octanol–water partition coefficient (Wildman–Crippen LogP) is 2.36. The number of rotatable bonds is 4. The molecule has 1 N–H and O–H groups in total. The van der Waals surface area contributed by atoms with Gasteiger partial charge in [-0.25, -0.2) is 4.98 Å². The number of nitrogens with one attached hydrogen (secondary N) is 1. The Bertz CT molecular complexity index is 976. The molecule has 0 bridgehead atoms. The summed E-state index contributed by atoms with van der Waals surface area (Å²) in [6, 6.07) is 9.76. The molecule has 1 fully saturated rings. The van der Waals surface area contributed by atoms with Crippen molar-refractivity contribution in [1.82, 2.24) is 19.7 Å². The molecule has 0 spiro atoms. The van der Waals surface area contributed by atoms with Crippen molar-refractivity contribution in [3.63, 3.8) is 0 Å². The lowest BCUT2D eigenvalue weighted by Crippen LogP contribution is -2.35. The fourth-order valence-electron chi connectivity index (χ4n) is 3.40. The first-order valence-corrected chi connectivity index (χ1v) is 9.10. The first-order valence-electron chi connectivity index (χ1n) is 9.10. The molecular formula is C20H23N5O2. The van der Waals surface area contributed by atoms with Crippen LogP contribution >= 0.6 is 0 Å². The number of anilines is 1. The summed E-state index contributed by atoms with van der Waals surface area (Å²) in [6.07, 6.45) is 1.69. The molecule has 7 nitrogen and oxygen atoms in total. The molecule has 3 heterocycles. The molecule has 0 radical (unpaired) electrons. The van der Waals surface area contributed by atoms with Crippen LogP contribution in [-0.2, 0) is 18.3 Å². The number of aryl methyl sites for hydroxylation is 2. The molecule has 4 rings (SSSR count). The topological polar surface area (TPSA) is 72.3 Å². The zero-order valence-corrected chi connectivity index (χ0v) is 15.6. The fourth-order valence-corrected chi connectivity index (χ4v) is 3.40. The van der Waals surface area contributed by atoms with Gasteiger partial charge in [0.05, 0.1) is 30.4 Å². The number of nitrogens with zero attached hydrogens (tertiary/aromatic N) is 4. The zero-order chi connectivity index (χ0) is 18.8. The van der Waals surface area contributed by atoms with Gasteiger partial charge in [-0.15, -0.1) is 0 Å². The Morgan fingerprint density at radius 3 is 2.85 bits per heavy atom. The number of fused-ring (bicyclic) bond motifs is 1. The Kier molecular flexibility index (Phi) is 4.87. The summed E-state index contributed by atoms with van der Waals surface area (Å²) in [5.74, 6) is -0.145. The van der Waals surface area contributed by atoms with E-state index in [4.69, 9.17) is 4.74 Å². The van der Waals surface area contributed by atoms with E-state index in [1.165, 1.54) is 0 Å². The number of para-hydroxylation sites is 1. The highest BCUT2D eigenvalue weighted by Crippen LogP contribution is 2.22. The Morgan fingerprint density at radius 2 is 2.04 bits per heavy atom. The lowest BCUT2D eigenvalue weighted by molar-refractivity contribution is 0.0342. The number of pyridine rings is 1. The summed E-state index contributed by atoms with van der Waals surface area (Å²) < 4.78 is 7.10. The molecule has 1 aliphatic rings. The minimum absolute atomic E-state index is 0.145. The van der Waals surface area contributed by atoms with Crippen LogP contribution in [0.25, 0.3) is 11.0 Å². The van der Waals surface area contributed by atoms with Crippen molar-refractivity contribution in [2.75, 3.05) is 31.6 Å². The van der Waals surface area contributed by atoms with Crippen LogP contribution in [0.5, 0.6) is 0 Å². The monoisotopic (exact) mass is 365 g/mol. The molecule has 1 aromatic carbocycles. The van der Waals surface area contributed by atoms with Crippen molar-refractivity contribution in [2.45, 2.75) is 13.5 Å². The molecule has 7 heteroatoms. The van der Waals surface area contributed by atoms with Crippen molar-refractivity contribution in [1.29, 1.82) is 0 Å². The molecule has 3 aromatic rings. The minimum Gasteiger partial charge on any atom is -0.379 e. The van der Waals surface area contributed by atoms with Crippen LogP contribution in [0, 0.1) is 6.92 Å². The minimum atomic E-state index is -0.145. The number of morpholine rings is 1. The average molecular weight is 365 g/mol. The maximum Gasteiger partial charge on any atom is 0.256 e. The lowest BCUT2D eigenvalue weighted by atomic mass is 10.1. The molecule has 27 heavy (non-hydrogen) atoms. The summed E-state index contributed by atoms with van der Waals surface area (Å²) in [5.41, 5.74) is 4.02. The molecule has 1 aliphatic heterocycles. The van der Waals surface area contributed by atoms with E-state index in [0.29, 0.717) is 11.2 Å². The van der Waals surface area contributed by atoms with E-state index in [1.807, 2.05) is 38.2 Å². The van der Waals surface area contributed by atoms with Gasteiger partial charge in [0.2, 0.25) is 0 Å². The summed E-state index contributed by atoms with van der Waals surface area (Å²) in [4.78, 5) is 19.8. The molecule has 1 saturated heterocycles. The van der Waals surface area contributed by atoms with Gasteiger partial charge in [0.25, 0.3) is 5.91 Å². The van der Waals surface area contributed by atoms with E-state index in [1.54, 1.807) is 10.9 Å². The number of carbonyl (C=O) groups is 1. The highest BCUT2D eigenvalue weighted by Gasteiger charge is 2.17. The summed E-state index contributed by atoms with van der Waals surface area (Å²) in [7, 11) is 1.83. The molecule has 0 unspecified atom stereocenters. The van der Waals surface area contributed by atoms with Crippen LogP contribution in [0.4, 0.5) is 5.69 Å². The second-order valence-corrected chi connectivity index (χ2v) is 6.82. The Hall–Kier alpha value is -2.77. The van der Waals surface area contributed by atoms with Gasteiger partial charge in [-0.1, -0.05) is 18.2 Å². The normalized spacial score (nSPS) is 15.2. The number of benzene rings is 1. The molecule has 0 saturated carbocycles. The Balaban J connectivity index is 1.60. The predicted molar refractivity (Wildman–Crippen MR) is 104 cm³/mol. The Morgan fingerprint density at radius 1 is 1.26 bits per heavy atom. The van der Waals surface area contributed by atoms with Crippen molar-refractivity contribution in [3.05, 3.63) is 53.3 Å². The second-order valence-electron chi connectivity index (χ2n) is 6.82. The molecule has 140 valence electrons. The van der Waals surface area contributed by atoms with Crippen LogP contribution in [0.3, 0.4) is 0 Å². The zero-order valence-electron chi connectivity index (χ0n) is 15.6. The van der Waals surface area contributed by atoms with Gasteiger partial charge in [0.15, 0.2) is 5.65 Å². The third kappa shape index (κ3) is 3.70. The van der Waals surface area contributed by atoms with E-state index in [0.717, 1.165) is 55.2 Å². The van der Waals surface area contributed by atoms with Crippen LogP contribution in [0.2, 0.25) is 0 Å². The quantitative estimate of drug-likeness (QED) is 0.768. The maximum absolute atomic E-state index is 13.0. The van der Waals surface area contributed by atoms with Crippen LogP contribution < -0.4 is 5.32 Å². The van der Waals surface area contributed by atoms with Gasteiger partial charge < -0.3 is 10.1 Å². The third-order valence-electron chi connectivity index (χ3n) is 4.84. The number of aromatic nitrogens is 3. The Labute approximate surface area is 157 Å². The lowest BCUT2D eigenvalue weighted by Gasteiger charge is -2.27. The first-order chi connectivity index (χ1) is 13.1. The number of amides is 1. The smallest absolute Gasteiger partial charge is 0.256 e. The number of ether oxygens (including phenoxy) is 1. The van der Waals surface area contributed by atoms with Crippen molar-refractivity contribution in [3.8, 4) is 0 Å². The molecule has 1 amide bonds. The average Bonchev–Trinajstić information content (AvgIpc) is 3.04.